The van der Waals surface area contributed by atoms with Gasteiger partial charge >= 0.3 is 0 Å². The van der Waals surface area contributed by atoms with Crippen LogP contribution in [0.25, 0.3) is 0 Å². The van der Waals surface area contributed by atoms with Crippen LogP contribution in [0.2, 0.25) is 0 Å². The molecule has 2 aromatic carbocycles. The van der Waals surface area contributed by atoms with Gasteiger partial charge in [0.15, 0.2) is 0 Å². The number of nitrogens with one attached hydrogen (secondary N) is 1. The number of aryl methyl sites for hydroxylation is 1. The van der Waals surface area contributed by atoms with Crippen molar-refractivity contribution < 1.29 is 19.1 Å². The quantitative estimate of drug-likeness (QED) is 0.628. The second-order valence-corrected chi connectivity index (χ2v) is 8.62. The SMILES string of the molecule is C=O.C=O.CN1CCCC1.COc1ccc(C(=O)Nc2ccc(C)cc2)cc1C1CCCCC1. The van der Waals surface area contributed by atoms with Crippen LogP contribution in [0.1, 0.15) is 72.3 Å². The third-order valence-corrected chi connectivity index (χ3v) is 6.18. The molecule has 2 aliphatic rings. The Morgan fingerprint density at radius 1 is 0.912 bits per heavy atom. The molecule has 2 aromatic rings. The number of anilines is 1. The lowest BCUT2D eigenvalue weighted by atomic mass is 9.83. The van der Waals surface area contributed by atoms with Crippen molar-refractivity contribution in [1.29, 1.82) is 0 Å². The first-order chi connectivity index (χ1) is 16.6. The maximum absolute atomic E-state index is 12.6. The molecule has 1 saturated carbocycles. The fraction of sp³-hybridized carbons (Fsp3) is 0.464. The van der Waals surface area contributed by atoms with E-state index in [-0.39, 0.29) is 5.91 Å². The largest absolute Gasteiger partial charge is 0.496 e. The van der Waals surface area contributed by atoms with Crippen LogP contribution in [-0.2, 0) is 9.59 Å². The number of ether oxygens (including phenoxy) is 1. The third-order valence-electron chi connectivity index (χ3n) is 6.18. The van der Waals surface area contributed by atoms with Gasteiger partial charge in [0.2, 0.25) is 0 Å². The second kappa shape index (κ2) is 16.6. The van der Waals surface area contributed by atoms with Gasteiger partial charge in [-0.15, -0.1) is 0 Å². The number of hydrogen-bond acceptors (Lipinski definition) is 5. The van der Waals surface area contributed by atoms with Crippen molar-refractivity contribution in [3.05, 3.63) is 59.2 Å². The second-order valence-electron chi connectivity index (χ2n) is 8.62. The van der Waals surface area contributed by atoms with Crippen LogP contribution in [0.5, 0.6) is 5.75 Å². The molecule has 0 spiro atoms. The first kappa shape index (κ1) is 29.0. The van der Waals surface area contributed by atoms with E-state index < -0.39 is 0 Å². The minimum absolute atomic E-state index is 0.0708. The number of likely N-dealkylation sites (tertiary alicyclic amines) is 1. The molecule has 1 heterocycles. The van der Waals surface area contributed by atoms with E-state index in [9.17, 15) is 4.79 Å². The van der Waals surface area contributed by atoms with Gasteiger partial charge in [0.05, 0.1) is 7.11 Å². The van der Waals surface area contributed by atoms with E-state index in [4.69, 9.17) is 14.3 Å². The van der Waals surface area contributed by atoms with Gasteiger partial charge in [-0.1, -0.05) is 37.0 Å². The minimum atomic E-state index is -0.0708. The first-order valence-electron chi connectivity index (χ1n) is 11.9. The molecule has 2 fully saturated rings. The zero-order valence-electron chi connectivity index (χ0n) is 21.0. The summed E-state index contributed by atoms with van der Waals surface area (Å²) in [7, 11) is 3.88. The van der Waals surface area contributed by atoms with Gasteiger partial charge in [-0.05, 0) is 94.6 Å². The van der Waals surface area contributed by atoms with E-state index in [1.807, 2.05) is 63.0 Å². The molecule has 0 radical (unpaired) electrons. The summed E-state index contributed by atoms with van der Waals surface area (Å²) in [5.41, 5.74) is 3.86. The standard InChI is InChI=1S/C21H25NO2.C5H11N.2CH2O/c1-15-8-11-18(12-9-15)22-21(23)17-10-13-20(24-2)19(14-17)16-6-4-3-5-7-16;1-6-4-2-3-5-6;2*1-2/h8-14,16H,3-7H2,1-2H3,(H,22,23);2-5H2,1H3;2*1H2. The highest BCUT2D eigenvalue weighted by Crippen LogP contribution is 2.38. The van der Waals surface area contributed by atoms with Crippen molar-refractivity contribution in [2.45, 2.75) is 57.8 Å². The van der Waals surface area contributed by atoms with E-state index in [2.05, 4.69) is 17.3 Å². The number of carbonyl (C=O) groups is 3. The molecule has 0 atom stereocenters. The molecule has 6 heteroatoms. The van der Waals surface area contributed by atoms with E-state index in [0.29, 0.717) is 11.5 Å². The highest BCUT2D eigenvalue weighted by Gasteiger charge is 2.20. The average molecular weight is 469 g/mol. The Labute approximate surface area is 204 Å². The normalized spacial score (nSPS) is 15.4. The lowest BCUT2D eigenvalue weighted by Crippen LogP contribution is -2.13. The monoisotopic (exact) mass is 468 g/mol. The van der Waals surface area contributed by atoms with E-state index >= 15 is 0 Å². The Hall–Kier alpha value is -2.99. The molecule has 34 heavy (non-hydrogen) atoms. The first-order valence-corrected chi connectivity index (χ1v) is 11.9. The van der Waals surface area contributed by atoms with Crippen LogP contribution in [0, 0.1) is 6.92 Å². The van der Waals surface area contributed by atoms with Crippen molar-refractivity contribution >= 4 is 25.2 Å². The zero-order chi connectivity index (χ0) is 25.3. The number of carbonyl (C=O) groups excluding carboxylic acids is 3. The van der Waals surface area contributed by atoms with Crippen molar-refractivity contribution in [2.24, 2.45) is 0 Å². The molecule has 186 valence electrons. The predicted octanol–water partition coefficient (Wildman–Crippen LogP) is 5.65. The van der Waals surface area contributed by atoms with Crippen LogP contribution in [0.3, 0.4) is 0 Å². The summed E-state index contributed by atoms with van der Waals surface area (Å²) in [6, 6.07) is 13.6. The molecule has 1 amide bonds. The third kappa shape index (κ3) is 9.48. The number of nitrogens with zero attached hydrogens (tertiary/aromatic N) is 1. The van der Waals surface area contributed by atoms with Gasteiger partial charge in [-0.3, -0.25) is 4.79 Å². The topological polar surface area (TPSA) is 75.7 Å². The molecular formula is C28H40N2O4. The Morgan fingerprint density at radius 2 is 1.50 bits per heavy atom. The summed E-state index contributed by atoms with van der Waals surface area (Å²) in [5, 5.41) is 2.97. The maximum atomic E-state index is 12.6. The van der Waals surface area contributed by atoms with Crippen LogP contribution < -0.4 is 10.1 Å². The summed E-state index contributed by atoms with van der Waals surface area (Å²) >= 11 is 0. The Morgan fingerprint density at radius 3 is 2.00 bits per heavy atom. The smallest absolute Gasteiger partial charge is 0.255 e. The molecule has 1 aliphatic heterocycles. The molecule has 1 N–H and O–H groups in total. The van der Waals surface area contributed by atoms with Gasteiger partial charge in [-0.25, -0.2) is 0 Å². The summed E-state index contributed by atoms with van der Waals surface area (Å²) in [6.07, 6.45) is 9.01. The molecular weight excluding hydrogens is 428 g/mol. The summed E-state index contributed by atoms with van der Waals surface area (Å²) in [5.74, 6) is 1.33. The number of benzene rings is 2. The highest BCUT2D eigenvalue weighted by molar-refractivity contribution is 6.04. The van der Waals surface area contributed by atoms with Gasteiger partial charge < -0.3 is 24.5 Å². The Kier molecular flexibility index (Phi) is 14.2. The zero-order valence-corrected chi connectivity index (χ0v) is 21.0. The molecule has 0 aromatic heterocycles. The van der Waals surface area contributed by atoms with Crippen LogP contribution in [-0.4, -0.2) is 51.6 Å². The van der Waals surface area contributed by atoms with Gasteiger partial charge in [0.25, 0.3) is 5.91 Å². The summed E-state index contributed by atoms with van der Waals surface area (Å²) in [4.78, 5) is 30.9. The van der Waals surface area contributed by atoms with E-state index in [0.717, 1.165) is 11.4 Å². The van der Waals surface area contributed by atoms with Gasteiger partial charge in [0.1, 0.15) is 19.3 Å². The Bertz CT molecular complexity index is 840. The summed E-state index contributed by atoms with van der Waals surface area (Å²) in [6.45, 7) is 8.67. The van der Waals surface area contributed by atoms with Gasteiger partial charge in [0, 0.05) is 11.3 Å². The fourth-order valence-corrected chi connectivity index (χ4v) is 4.32. The van der Waals surface area contributed by atoms with Crippen LogP contribution >= 0.6 is 0 Å². The summed E-state index contributed by atoms with van der Waals surface area (Å²) < 4.78 is 5.53. The van der Waals surface area contributed by atoms with Crippen LogP contribution in [0.4, 0.5) is 5.69 Å². The van der Waals surface area contributed by atoms with Crippen molar-refractivity contribution in [1.82, 2.24) is 4.90 Å². The molecule has 4 rings (SSSR count). The van der Waals surface area contributed by atoms with E-state index in [1.165, 1.54) is 69.2 Å². The molecule has 0 unspecified atom stereocenters. The maximum Gasteiger partial charge on any atom is 0.255 e. The number of rotatable bonds is 4. The Balaban J connectivity index is 0.000000489. The number of hydrogen-bond donors (Lipinski definition) is 1. The minimum Gasteiger partial charge on any atom is -0.496 e. The number of methoxy groups -OCH3 is 1. The molecule has 6 nitrogen and oxygen atoms in total. The fourth-order valence-electron chi connectivity index (χ4n) is 4.32. The molecule has 1 aliphatic carbocycles. The van der Waals surface area contributed by atoms with Crippen molar-refractivity contribution in [3.8, 4) is 5.75 Å². The van der Waals surface area contributed by atoms with Crippen molar-refractivity contribution in [2.75, 3.05) is 32.6 Å². The number of amides is 1. The predicted molar refractivity (Wildman–Crippen MR) is 139 cm³/mol. The molecule has 1 saturated heterocycles. The van der Waals surface area contributed by atoms with E-state index in [1.54, 1.807) is 7.11 Å². The average Bonchev–Trinajstić information content (AvgIpc) is 3.39. The lowest BCUT2D eigenvalue weighted by Gasteiger charge is -2.24. The van der Waals surface area contributed by atoms with Gasteiger partial charge in [-0.2, -0.15) is 0 Å². The molecule has 0 bridgehead atoms. The van der Waals surface area contributed by atoms with Crippen LogP contribution in [0.15, 0.2) is 42.5 Å². The van der Waals surface area contributed by atoms with Crippen molar-refractivity contribution in [3.63, 3.8) is 0 Å². The highest BCUT2D eigenvalue weighted by atomic mass is 16.5. The lowest BCUT2D eigenvalue weighted by molar-refractivity contribution is -0.0987.